The predicted octanol–water partition coefficient (Wildman–Crippen LogP) is 4.67. The summed E-state index contributed by atoms with van der Waals surface area (Å²) in [4.78, 5) is 16.8. The molecule has 0 aliphatic heterocycles. The van der Waals surface area contributed by atoms with E-state index in [4.69, 9.17) is 4.74 Å². The van der Waals surface area contributed by atoms with Gasteiger partial charge in [-0.25, -0.2) is 10.4 Å². The number of nitrogens with one attached hydrogen (secondary N) is 1. The number of hydrazone groups is 1. The standard InChI is InChI=1S/C26H29N5O2S/c1-16-7-8-23(9-17(16)2)31-19(4)11-21(20(31)5)13-28-30-25(32)15-34-26-24(12-27)22(14-33-6)10-18(3)29-26/h7-11,13H,14-15H2,1-6H3,(H,30,32)/b28-13-. The van der Waals surface area contributed by atoms with Crippen LogP contribution in [0.5, 0.6) is 0 Å². The first kappa shape index (κ1) is 25.2. The number of carbonyl (C=O) groups is 1. The molecule has 0 aliphatic carbocycles. The molecule has 0 saturated heterocycles. The Morgan fingerprint density at radius 3 is 2.65 bits per heavy atom. The Morgan fingerprint density at radius 2 is 1.97 bits per heavy atom. The zero-order valence-electron chi connectivity index (χ0n) is 20.4. The number of carbonyl (C=O) groups excluding carboxylic acids is 1. The first-order chi connectivity index (χ1) is 16.2. The quantitative estimate of drug-likeness (QED) is 0.290. The van der Waals surface area contributed by atoms with E-state index < -0.39 is 0 Å². The first-order valence-electron chi connectivity index (χ1n) is 10.9. The Balaban J connectivity index is 1.67. The van der Waals surface area contributed by atoms with Crippen molar-refractivity contribution >= 4 is 23.9 Å². The number of aryl methyl sites for hydroxylation is 4. The topological polar surface area (TPSA) is 92.3 Å². The lowest BCUT2D eigenvalue weighted by Crippen LogP contribution is -2.20. The SMILES string of the molecule is COCc1cc(C)nc(SCC(=O)N/N=C\c2cc(C)n(-c3ccc(C)c(C)c3)c2C)c1C#N. The molecular formula is C26H29N5O2S. The Morgan fingerprint density at radius 1 is 1.21 bits per heavy atom. The minimum Gasteiger partial charge on any atom is -0.380 e. The van der Waals surface area contributed by atoms with Crippen molar-refractivity contribution in [1.29, 1.82) is 5.26 Å². The molecule has 2 heterocycles. The molecule has 3 rings (SSSR count). The van der Waals surface area contributed by atoms with Crippen molar-refractivity contribution in [2.24, 2.45) is 5.10 Å². The maximum absolute atomic E-state index is 12.4. The van der Waals surface area contributed by atoms with Crippen LogP contribution >= 0.6 is 11.8 Å². The van der Waals surface area contributed by atoms with Gasteiger partial charge in [-0.2, -0.15) is 10.4 Å². The number of ether oxygens (including phenoxy) is 1. The number of nitrogens with zero attached hydrogens (tertiary/aromatic N) is 4. The minimum absolute atomic E-state index is 0.0938. The Kier molecular flexibility index (Phi) is 8.26. The smallest absolute Gasteiger partial charge is 0.250 e. The van der Waals surface area contributed by atoms with E-state index in [-0.39, 0.29) is 11.7 Å². The summed E-state index contributed by atoms with van der Waals surface area (Å²) in [6, 6.07) is 12.4. The average Bonchev–Trinajstić information content (AvgIpc) is 3.07. The number of rotatable bonds is 8. The van der Waals surface area contributed by atoms with Crippen molar-refractivity contribution in [3.63, 3.8) is 0 Å². The van der Waals surface area contributed by atoms with Crippen LogP contribution in [0.1, 0.15) is 44.9 Å². The molecule has 0 unspecified atom stereocenters. The van der Waals surface area contributed by atoms with E-state index in [0.717, 1.165) is 33.9 Å². The fourth-order valence-electron chi connectivity index (χ4n) is 3.72. The van der Waals surface area contributed by atoms with E-state index in [1.807, 2.05) is 32.9 Å². The van der Waals surface area contributed by atoms with Crippen LogP contribution in [-0.4, -0.2) is 34.5 Å². The molecule has 7 nitrogen and oxygen atoms in total. The third kappa shape index (κ3) is 5.74. The largest absolute Gasteiger partial charge is 0.380 e. The molecule has 34 heavy (non-hydrogen) atoms. The summed E-state index contributed by atoms with van der Waals surface area (Å²) in [6.45, 7) is 10.5. The van der Waals surface area contributed by atoms with E-state index in [1.54, 1.807) is 13.3 Å². The third-order valence-electron chi connectivity index (χ3n) is 5.56. The van der Waals surface area contributed by atoms with Crippen LogP contribution in [0.25, 0.3) is 5.69 Å². The number of hydrogen-bond donors (Lipinski definition) is 1. The van der Waals surface area contributed by atoms with Gasteiger partial charge in [0.2, 0.25) is 5.91 Å². The zero-order chi connectivity index (χ0) is 24.8. The van der Waals surface area contributed by atoms with Crippen molar-refractivity contribution < 1.29 is 9.53 Å². The first-order valence-corrected chi connectivity index (χ1v) is 11.8. The lowest BCUT2D eigenvalue weighted by molar-refractivity contribution is -0.118. The summed E-state index contributed by atoms with van der Waals surface area (Å²) >= 11 is 1.21. The zero-order valence-corrected chi connectivity index (χ0v) is 21.2. The molecule has 0 atom stereocenters. The highest BCUT2D eigenvalue weighted by Gasteiger charge is 2.14. The highest BCUT2D eigenvalue weighted by Crippen LogP contribution is 2.25. The summed E-state index contributed by atoms with van der Waals surface area (Å²) in [5, 5.41) is 14.2. The molecule has 0 saturated carbocycles. The number of pyridine rings is 1. The molecule has 0 aliphatic rings. The van der Waals surface area contributed by atoms with Gasteiger partial charge in [0.15, 0.2) is 0 Å². The molecule has 0 spiro atoms. The van der Waals surface area contributed by atoms with E-state index in [1.165, 1.54) is 22.9 Å². The lowest BCUT2D eigenvalue weighted by Gasteiger charge is -2.11. The fraction of sp³-hybridized carbons (Fsp3) is 0.308. The number of methoxy groups -OCH3 is 1. The number of hydrogen-bond acceptors (Lipinski definition) is 6. The molecule has 1 N–H and O–H groups in total. The summed E-state index contributed by atoms with van der Waals surface area (Å²) < 4.78 is 7.35. The van der Waals surface area contributed by atoms with Crippen molar-refractivity contribution in [1.82, 2.24) is 15.0 Å². The molecule has 1 aromatic carbocycles. The van der Waals surface area contributed by atoms with E-state index in [9.17, 15) is 10.1 Å². The van der Waals surface area contributed by atoms with Gasteiger partial charge >= 0.3 is 0 Å². The number of nitriles is 1. The van der Waals surface area contributed by atoms with Gasteiger partial charge in [-0.05, 0) is 75.6 Å². The third-order valence-corrected chi connectivity index (χ3v) is 6.53. The Hall–Kier alpha value is -3.41. The number of aromatic nitrogens is 2. The summed E-state index contributed by atoms with van der Waals surface area (Å²) in [5.41, 5.74) is 11.2. The normalized spacial score (nSPS) is 11.1. The molecule has 2 aromatic heterocycles. The molecule has 1 amide bonds. The number of amides is 1. The molecule has 8 heteroatoms. The van der Waals surface area contributed by atoms with Crippen molar-refractivity contribution in [3.8, 4) is 11.8 Å². The Labute approximate surface area is 204 Å². The van der Waals surface area contributed by atoms with Crippen molar-refractivity contribution in [2.45, 2.75) is 46.3 Å². The predicted molar refractivity (Wildman–Crippen MR) is 136 cm³/mol. The van der Waals surface area contributed by atoms with Crippen LogP contribution in [0.15, 0.2) is 40.5 Å². The van der Waals surface area contributed by atoms with E-state index in [2.05, 4.69) is 58.2 Å². The number of benzene rings is 1. The van der Waals surface area contributed by atoms with Crippen LogP contribution in [0, 0.1) is 45.9 Å². The van der Waals surface area contributed by atoms with Gasteiger partial charge in [-0.15, -0.1) is 0 Å². The average molecular weight is 476 g/mol. The second-order valence-electron chi connectivity index (χ2n) is 8.16. The maximum atomic E-state index is 12.4. The van der Waals surface area contributed by atoms with Gasteiger partial charge in [0, 0.05) is 35.4 Å². The van der Waals surface area contributed by atoms with Gasteiger partial charge < -0.3 is 9.30 Å². The molecule has 176 valence electrons. The highest BCUT2D eigenvalue weighted by molar-refractivity contribution is 8.00. The minimum atomic E-state index is -0.273. The highest BCUT2D eigenvalue weighted by atomic mass is 32.2. The van der Waals surface area contributed by atoms with Crippen molar-refractivity contribution in [3.05, 3.63) is 75.2 Å². The summed E-state index contributed by atoms with van der Waals surface area (Å²) in [7, 11) is 1.58. The van der Waals surface area contributed by atoms with Crippen LogP contribution < -0.4 is 5.43 Å². The summed E-state index contributed by atoms with van der Waals surface area (Å²) in [5.74, 6) is -0.180. The molecule has 0 fully saturated rings. The number of thioether (sulfide) groups is 1. The van der Waals surface area contributed by atoms with Crippen molar-refractivity contribution in [2.75, 3.05) is 12.9 Å². The van der Waals surface area contributed by atoms with Gasteiger partial charge in [0.05, 0.1) is 24.1 Å². The van der Waals surface area contributed by atoms with E-state index in [0.29, 0.717) is 17.2 Å². The second-order valence-corrected chi connectivity index (χ2v) is 9.12. The molecule has 0 radical (unpaired) electrons. The van der Waals surface area contributed by atoms with Crippen LogP contribution in [0.2, 0.25) is 0 Å². The monoisotopic (exact) mass is 475 g/mol. The summed E-state index contributed by atoms with van der Waals surface area (Å²) in [6.07, 6.45) is 1.66. The molecule has 0 bridgehead atoms. The molecule has 3 aromatic rings. The van der Waals surface area contributed by atoms with Crippen LogP contribution in [0.4, 0.5) is 0 Å². The van der Waals surface area contributed by atoms with Gasteiger partial charge in [-0.3, -0.25) is 4.79 Å². The van der Waals surface area contributed by atoms with Gasteiger partial charge in [0.25, 0.3) is 0 Å². The Bertz CT molecular complexity index is 1290. The lowest BCUT2D eigenvalue weighted by atomic mass is 10.1. The second kappa shape index (κ2) is 11.1. The van der Waals surface area contributed by atoms with Gasteiger partial charge in [0.1, 0.15) is 11.1 Å². The maximum Gasteiger partial charge on any atom is 0.250 e. The van der Waals surface area contributed by atoms with E-state index >= 15 is 0 Å². The van der Waals surface area contributed by atoms with Crippen LogP contribution in [-0.2, 0) is 16.1 Å². The molecular weight excluding hydrogens is 446 g/mol. The van der Waals surface area contributed by atoms with Crippen LogP contribution in [0.3, 0.4) is 0 Å². The van der Waals surface area contributed by atoms with Gasteiger partial charge in [-0.1, -0.05) is 17.8 Å². The fourth-order valence-corrected chi connectivity index (χ4v) is 4.59.